The zero-order valence-electron chi connectivity index (χ0n) is 10.5. The van der Waals surface area contributed by atoms with E-state index in [9.17, 15) is 0 Å². The molecule has 16 heavy (non-hydrogen) atoms. The van der Waals surface area contributed by atoms with Gasteiger partial charge in [0.25, 0.3) is 0 Å². The molecule has 0 aromatic carbocycles. The molecule has 0 aromatic heterocycles. The summed E-state index contributed by atoms with van der Waals surface area (Å²) < 4.78 is 5.89. The lowest BCUT2D eigenvalue weighted by molar-refractivity contribution is -0.0333. The Morgan fingerprint density at radius 3 is 2.56 bits per heavy atom. The van der Waals surface area contributed by atoms with E-state index in [1.54, 1.807) is 0 Å². The van der Waals surface area contributed by atoms with E-state index in [1.807, 2.05) is 0 Å². The topological polar surface area (TPSA) is 29.5 Å². The van der Waals surface area contributed by atoms with Gasteiger partial charge in [-0.15, -0.1) is 0 Å². The average molecular weight is 222 g/mol. The highest BCUT2D eigenvalue weighted by Gasteiger charge is 2.61. The number of aliphatic hydroxyl groups is 1. The van der Waals surface area contributed by atoms with Gasteiger partial charge >= 0.3 is 0 Å². The van der Waals surface area contributed by atoms with Crippen molar-refractivity contribution in [3.8, 4) is 11.8 Å². The minimum Gasteiger partial charge on any atom is -0.384 e. The fourth-order valence-electron chi connectivity index (χ4n) is 3.63. The van der Waals surface area contributed by atoms with Crippen LogP contribution >= 0.6 is 0 Å². The van der Waals surface area contributed by atoms with Crippen LogP contribution in [0.4, 0.5) is 0 Å². The molecule has 3 atom stereocenters. The molecule has 0 amide bonds. The van der Waals surface area contributed by atoms with Crippen molar-refractivity contribution in [3.63, 3.8) is 0 Å². The first-order valence-corrected chi connectivity index (χ1v) is 6.20. The van der Waals surface area contributed by atoms with Gasteiger partial charge in [0.05, 0.1) is 6.10 Å². The molecule has 2 aliphatic carbocycles. The average Bonchev–Trinajstić information content (AvgIpc) is 2.57. The van der Waals surface area contributed by atoms with E-state index in [2.05, 4.69) is 32.6 Å². The van der Waals surface area contributed by atoms with Gasteiger partial charge in [0.15, 0.2) is 0 Å². The Morgan fingerprint density at radius 1 is 1.31 bits per heavy atom. The standard InChI is InChI=1S/C14H22O2/c1-13(2)11-6-7-14(13,3)12(10-11)16-9-5-4-8-15/h11-12,15H,6-10H2,1-3H3. The molecule has 2 saturated carbocycles. The fourth-order valence-corrected chi connectivity index (χ4v) is 3.63. The molecule has 2 aliphatic rings. The first kappa shape index (κ1) is 12.0. The minimum absolute atomic E-state index is 0.0700. The van der Waals surface area contributed by atoms with Crippen molar-refractivity contribution in [3.05, 3.63) is 0 Å². The highest BCUT2D eigenvalue weighted by molar-refractivity contribution is 5.11. The Bertz CT molecular complexity index is 323. The number of hydrogen-bond donors (Lipinski definition) is 1. The van der Waals surface area contributed by atoms with Crippen molar-refractivity contribution >= 4 is 0 Å². The van der Waals surface area contributed by atoms with Gasteiger partial charge in [0.2, 0.25) is 0 Å². The van der Waals surface area contributed by atoms with Crippen molar-refractivity contribution in [2.45, 2.75) is 46.1 Å². The van der Waals surface area contributed by atoms with Crippen LogP contribution in [0.15, 0.2) is 0 Å². The molecule has 2 rings (SSSR count). The highest BCUT2D eigenvalue weighted by atomic mass is 16.5. The fraction of sp³-hybridized carbons (Fsp3) is 0.857. The SMILES string of the molecule is CC1(C)C2CCC1(C)C(OCC#CCO)C2. The van der Waals surface area contributed by atoms with Crippen molar-refractivity contribution in [2.75, 3.05) is 13.2 Å². The van der Waals surface area contributed by atoms with Crippen LogP contribution in [0.1, 0.15) is 40.0 Å². The van der Waals surface area contributed by atoms with Gasteiger partial charge in [-0.25, -0.2) is 0 Å². The summed E-state index contributed by atoms with van der Waals surface area (Å²) in [6, 6.07) is 0. The maximum atomic E-state index is 8.57. The van der Waals surface area contributed by atoms with Gasteiger partial charge in [-0.05, 0) is 36.0 Å². The summed E-state index contributed by atoms with van der Waals surface area (Å²) in [4.78, 5) is 0. The summed E-state index contributed by atoms with van der Waals surface area (Å²) in [6.45, 7) is 7.52. The number of fused-ring (bicyclic) bond motifs is 2. The van der Waals surface area contributed by atoms with E-state index in [0.29, 0.717) is 23.5 Å². The molecule has 2 bridgehead atoms. The third-order valence-electron chi connectivity index (χ3n) is 5.27. The van der Waals surface area contributed by atoms with Crippen LogP contribution in [-0.2, 0) is 4.74 Å². The smallest absolute Gasteiger partial charge is 0.108 e. The third kappa shape index (κ3) is 1.58. The molecule has 0 spiro atoms. The van der Waals surface area contributed by atoms with Gasteiger partial charge in [-0.2, -0.15) is 0 Å². The maximum Gasteiger partial charge on any atom is 0.108 e. The molecule has 2 heteroatoms. The Balaban J connectivity index is 1.99. The van der Waals surface area contributed by atoms with E-state index in [1.165, 1.54) is 19.3 Å². The molecular weight excluding hydrogens is 200 g/mol. The summed E-state index contributed by atoms with van der Waals surface area (Å²) >= 11 is 0. The molecule has 0 radical (unpaired) electrons. The predicted molar refractivity (Wildman–Crippen MR) is 63.8 cm³/mol. The number of hydrogen-bond acceptors (Lipinski definition) is 2. The van der Waals surface area contributed by atoms with Crippen LogP contribution in [0.5, 0.6) is 0 Å². The molecular formula is C14H22O2. The van der Waals surface area contributed by atoms with Crippen LogP contribution in [0, 0.1) is 28.6 Å². The summed E-state index contributed by atoms with van der Waals surface area (Å²) in [6.07, 6.45) is 4.17. The van der Waals surface area contributed by atoms with Gasteiger partial charge in [-0.1, -0.05) is 32.6 Å². The lowest BCUT2D eigenvalue weighted by Gasteiger charge is -2.38. The van der Waals surface area contributed by atoms with Crippen molar-refractivity contribution in [2.24, 2.45) is 16.7 Å². The van der Waals surface area contributed by atoms with Crippen LogP contribution in [-0.4, -0.2) is 24.4 Å². The molecule has 0 aliphatic heterocycles. The zero-order chi connectivity index (χ0) is 11.8. The molecule has 90 valence electrons. The van der Waals surface area contributed by atoms with E-state index in [-0.39, 0.29) is 6.61 Å². The summed E-state index contributed by atoms with van der Waals surface area (Å²) in [5.41, 5.74) is 0.723. The quantitative estimate of drug-likeness (QED) is 0.726. The second kappa shape index (κ2) is 4.05. The third-order valence-corrected chi connectivity index (χ3v) is 5.27. The predicted octanol–water partition coefficient (Wildman–Crippen LogP) is 2.21. The molecule has 2 fully saturated rings. The van der Waals surface area contributed by atoms with Crippen LogP contribution in [0.2, 0.25) is 0 Å². The molecule has 1 N–H and O–H groups in total. The number of aliphatic hydroxyl groups excluding tert-OH is 1. The van der Waals surface area contributed by atoms with Gasteiger partial charge in [-0.3, -0.25) is 0 Å². The second-order valence-corrected chi connectivity index (χ2v) is 5.92. The largest absolute Gasteiger partial charge is 0.384 e. The number of rotatable bonds is 2. The van der Waals surface area contributed by atoms with Crippen molar-refractivity contribution in [1.29, 1.82) is 0 Å². The normalized spacial score (nSPS) is 39.5. The van der Waals surface area contributed by atoms with E-state index in [4.69, 9.17) is 9.84 Å². The molecule has 0 saturated heterocycles. The van der Waals surface area contributed by atoms with Gasteiger partial charge < -0.3 is 9.84 Å². The van der Waals surface area contributed by atoms with Crippen LogP contribution in [0.25, 0.3) is 0 Å². The number of ether oxygens (including phenoxy) is 1. The second-order valence-electron chi connectivity index (χ2n) is 5.92. The first-order chi connectivity index (χ1) is 7.52. The Hall–Kier alpha value is -0.520. The van der Waals surface area contributed by atoms with Gasteiger partial charge in [0, 0.05) is 0 Å². The molecule has 2 nitrogen and oxygen atoms in total. The Labute approximate surface area is 98.4 Å². The molecule has 0 heterocycles. The minimum atomic E-state index is -0.0700. The van der Waals surface area contributed by atoms with Gasteiger partial charge in [0.1, 0.15) is 13.2 Å². The van der Waals surface area contributed by atoms with E-state index < -0.39 is 0 Å². The monoisotopic (exact) mass is 222 g/mol. The lowest BCUT2D eigenvalue weighted by atomic mass is 9.70. The first-order valence-electron chi connectivity index (χ1n) is 6.20. The van der Waals surface area contributed by atoms with Crippen molar-refractivity contribution < 1.29 is 9.84 Å². The lowest BCUT2D eigenvalue weighted by Crippen LogP contribution is -2.37. The van der Waals surface area contributed by atoms with E-state index in [0.717, 1.165) is 5.92 Å². The van der Waals surface area contributed by atoms with Crippen LogP contribution in [0.3, 0.4) is 0 Å². The van der Waals surface area contributed by atoms with Crippen LogP contribution < -0.4 is 0 Å². The maximum absolute atomic E-state index is 8.57. The van der Waals surface area contributed by atoms with E-state index >= 15 is 0 Å². The van der Waals surface area contributed by atoms with Crippen molar-refractivity contribution in [1.82, 2.24) is 0 Å². The summed E-state index contributed by atoms with van der Waals surface area (Å²) in [5.74, 6) is 6.29. The highest BCUT2D eigenvalue weighted by Crippen LogP contribution is 2.66. The Morgan fingerprint density at radius 2 is 2.06 bits per heavy atom. The molecule has 3 unspecified atom stereocenters. The Kier molecular flexibility index (Phi) is 3.03. The molecule has 0 aromatic rings. The zero-order valence-corrected chi connectivity index (χ0v) is 10.5. The summed E-state index contributed by atoms with van der Waals surface area (Å²) in [7, 11) is 0. The summed E-state index contributed by atoms with van der Waals surface area (Å²) in [5, 5.41) is 8.57.